The lowest BCUT2D eigenvalue weighted by atomic mass is 9.91. The summed E-state index contributed by atoms with van der Waals surface area (Å²) in [6.45, 7) is 7.44. The fourth-order valence-corrected chi connectivity index (χ4v) is 3.81. The second-order valence-electron chi connectivity index (χ2n) is 7.86. The number of amides is 1. The first kappa shape index (κ1) is 20.2. The van der Waals surface area contributed by atoms with E-state index in [-0.39, 0.29) is 17.8 Å². The molecular formula is C21H23BrClFN2O. The van der Waals surface area contributed by atoms with Crippen LogP contribution in [0.3, 0.4) is 0 Å². The van der Waals surface area contributed by atoms with Gasteiger partial charge in [0.25, 0.3) is 0 Å². The van der Waals surface area contributed by atoms with Crippen molar-refractivity contribution in [1.82, 2.24) is 4.90 Å². The van der Waals surface area contributed by atoms with Crippen LogP contribution in [0.1, 0.15) is 32.4 Å². The van der Waals surface area contributed by atoms with Crippen molar-refractivity contribution >= 4 is 39.1 Å². The fourth-order valence-electron chi connectivity index (χ4n) is 3.38. The monoisotopic (exact) mass is 452 g/mol. The van der Waals surface area contributed by atoms with E-state index in [2.05, 4.69) is 15.9 Å². The van der Waals surface area contributed by atoms with E-state index in [0.29, 0.717) is 30.3 Å². The maximum absolute atomic E-state index is 14.4. The van der Waals surface area contributed by atoms with Crippen LogP contribution in [-0.2, 0) is 4.79 Å². The van der Waals surface area contributed by atoms with Crippen molar-refractivity contribution in [2.24, 2.45) is 5.41 Å². The van der Waals surface area contributed by atoms with E-state index >= 15 is 0 Å². The number of piperazine rings is 1. The Balaban J connectivity index is 1.95. The first-order valence-electron chi connectivity index (χ1n) is 8.93. The van der Waals surface area contributed by atoms with Gasteiger partial charge in [-0.05, 0) is 35.9 Å². The average molecular weight is 454 g/mol. The van der Waals surface area contributed by atoms with E-state index in [0.717, 1.165) is 10.0 Å². The van der Waals surface area contributed by atoms with Crippen molar-refractivity contribution in [3.8, 4) is 0 Å². The first-order valence-corrected chi connectivity index (χ1v) is 10.1. The normalized spacial score (nSPS) is 17.9. The zero-order valence-electron chi connectivity index (χ0n) is 15.7. The standard InChI is InChI=1S/C21H23BrClFN2O/c1-21(2,3)20(27)26-11-10-25(18-9-8-16(23)12-17(18)24)13-19(26)14-4-6-15(22)7-5-14/h4-9,12,19H,10-11,13H2,1-3H3. The van der Waals surface area contributed by atoms with Gasteiger partial charge >= 0.3 is 0 Å². The molecule has 144 valence electrons. The summed E-state index contributed by atoms with van der Waals surface area (Å²) in [6.07, 6.45) is 0. The smallest absolute Gasteiger partial charge is 0.228 e. The van der Waals surface area contributed by atoms with Crippen LogP contribution in [0, 0.1) is 11.2 Å². The van der Waals surface area contributed by atoms with Crippen molar-refractivity contribution in [2.45, 2.75) is 26.8 Å². The molecule has 0 bridgehead atoms. The Bertz CT molecular complexity index is 835. The molecule has 3 rings (SSSR count). The zero-order chi connectivity index (χ0) is 19.8. The quantitative estimate of drug-likeness (QED) is 0.584. The third-order valence-electron chi connectivity index (χ3n) is 4.79. The van der Waals surface area contributed by atoms with Gasteiger partial charge in [0.15, 0.2) is 0 Å². The predicted molar refractivity (Wildman–Crippen MR) is 112 cm³/mol. The minimum atomic E-state index is -0.471. The molecule has 0 aromatic heterocycles. The summed E-state index contributed by atoms with van der Waals surface area (Å²) in [6, 6.07) is 12.6. The third-order valence-corrected chi connectivity index (χ3v) is 5.55. The van der Waals surface area contributed by atoms with Crippen molar-refractivity contribution < 1.29 is 9.18 Å². The molecule has 1 unspecified atom stereocenters. The second kappa shape index (κ2) is 7.80. The van der Waals surface area contributed by atoms with Gasteiger partial charge in [0, 0.05) is 34.5 Å². The van der Waals surface area contributed by atoms with Crippen molar-refractivity contribution in [3.63, 3.8) is 0 Å². The third kappa shape index (κ3) is 4.46. The van der Waals surface area contributed by atoms with E-state index in [1.165, 1.54) is 6.07 Å². The van der Waals surface area contributed by atoms with Gasteiger partial charge < -0.3 is 9.80 Å². The SMILES string of the molecule is CC(C)(C)C(=O)N1CCN(c2ccc(Cl)cc2F)CC1c1ccc(Br)cc1. The van der Waals surface area contributed by atoms with Crippen LogP contribution in [0.15, 0.2) is 46.9 Å². The van der Waals surface area contributed by atoms with Gasteiger partial charge in [0.05, 0.1) is 11.7 Å². The fraction of sp³-hybridized carbons (Fsp3) is 0.381. The van der Waals surface area contributed by atoms with Crippen molar-refractivity contribution in [1.29, 1.82) is 0 Å². The molecule has 0 spiro atoms. The zero-order valence-corrected chi connectivity index (χ0v) is 18.0. The molecule has 0 N–H and O–H groups in total. The number of rotatable bonds is 2. The summed E-state index contributed by atoms with van der Waals surface area (Å²) in [5, 5.41) is 0.377. The number of halogens is 3. The highest BCUT2D eigenvalue weighted by atomic mass is 79.9. The van der Waals surface area contributed by atoms with Crippen LogP contribution in [0.4, 0.5) is 10.1 Å². The maximum Gasteiger partial charge on any atom is 0.228 e. The minimum absolute atomic E-state index is 0.103. The molecule has 1 atom stereocenters. The largest absolute Gasteiger partial charge is 0.365 e. The summed E-state index contributed by atoms with van der Waals surface area (Å²) in [4.78, 5) is 16.9. The summed E-state index contributed by atoms with van der Waals surface area (Å²) in [7, 11) is 0. The predicted octanol–water partition coefficient (Wildman–Crippen LogP) is 5.68. The van der Waals surface area contributed by atoms with Crippen LogP contribution in [-0.4, -0.2) is 30.4 Å². The average Bonchev–Trinajstić information content (AvgIpc) is 2.60. The molecule has 1 amide bonds. The lowest BCUT2D eigenvalue weighted by molar-refractivity contribution is -0.142. The van der Waals surface area contributed by atoms with Gasteiger partial charge in [-0.1, -0.05) is 60.4 Å². The number of hydrogen-bond donors (Lipinski definition) is 0. The Kier molecular flexibility index (Phi) is 5.82. The number of hydrogen-bond acceptors (Lipinski definition) is 2. The molecule has 1 aliphatic rings. The van der Waals surface area contributed by atoms with Crippen molar-refractivity contribution in [2.75, 3.05) is 24.5 Å². The molecule has 3 nitrogen and oxygen atoms in total. The van der Waals surface area contributed by atoms with Crippen LogP contribution < -0.4 is 4.90 Å². The van der Waals surface area contributed by atoms with Gasteiger partial charge in [0.2, 0.25) is 5.91 Å². The molecule has 1 saturated heterocycles. The van der Waals surface area contributed by atoms with Gasteiger partial charge in [-0.15, -0.1) is 0 Å². The number of carbonyl (C=O) groups is 1. The van der Waals surface area contributed by atoms with E-state index in [1.807, 2.05) is 54.8 Å². The van der Waals surface area contributed by atoms with Gasteiger partial charge in [-0.25, -0.2) is 4.39 Å². The minimum Gasteiger partial charge on any atom is -0.365 e. The lowest BCUT2D eigenvalue weighted by Gasteiger charge is -2.44. The van der Waals surface area contributed by atoms with Crippen LogP contribution in [0.5, 0.6) is 0 Å². The van der Waals surface area contributed by atoms with Crippen LogP contribution >= 0.6 is 27.5 Å². The number of anilines is 1. The molecule has 1 fully saturated rings. The van der Waals surface area contributed by atoms with Crippen LogP contribution in [0.25, 0.3) is 0 Å². The maximum atomic E-state index is 14.4. The Morgan fingerprint density at radius 3 is 2.41 bits per heavy atom. The summed E-state index contributed by atoms with van der Waals surface area (Å²) in [5.74, 6) is -0.237. The molecule has 1 aliphatic heterocycles. The molecule has 27 heavy (non-hydrogen) atoms. The molecule has 6 heteroatoms. The lowest BCUT2D eigenvalue weighted by Crippen LogP contribution is -2.53. The summed E-state index contributed by atoms with van der Waals surface area (Å²) >= 11 is 9.35. The highest BCUT2D eigenvalue weighted by molar-refractivity contribution is 9.10. The Morgan fingerprint density at radius 1 is 1.15 bits per heavy atom. The number of nitrogens with zero attached hydrogens (tertiary/aromatic N) is 2. The van der Waals surface area contributed by atoms with E-state index in [4.69, 9.17) is 11.6 Å². The van der Waals surface area contributed by atoms with Gasteiger partial charge in [-0.2, -0.15) is 0 Å². The Hall–Kier alpha value is -1.59. The highest BCUT2D eigenvalue weighted by Crippen LogP contribution is 2.34. The highest BCUT2D eigenvalue weighted by Gasteiger charge is 2.37. The Morgan fingerprint density at radius 2 is 1.81 bits per heavy atom. The molecule has 2 aromatic carbocycles. The molecule has 1 heterocycles. The van der Waals surface area contributed by atoms with E-state index in [9.17, 15) is 9.18 Å². The molecule has 0 radical (unpaired) electrons. The number of benzene rings is 2. The van der Waals surface area contributed by atoms with Gasteiger partial charge in [0.1, 0.15) is 5.82 Å². The van der Waals surface area contributed by atoms with Gasteiger partial charge in [-0.3, -0.25) is 4.79 Å². The first-order chi connectivity index (χ1) is 12.7. The molecule has 2 aromatic rings. The number of carbonyl (C=O) groups excluding carboxylic acids is 1. The van der Waals surface area contributed by atoms with Crippen LogP contribution in [0.2, 0.25) is 5.02 Å². The molecule has 0 aliphatic carbocycles. The topological polar surface area (TPSA) is 23.6 Å². The summed E-state index contributed by atoms with van der Waals surface area (Å²) < 4.78 is 15.4. The second-order valence-corrected chi connectivity index (χ2v) is 9.21. The molecule has 0 saturated carbocycles. The van der Waals surface area contributed by atoms with E-state index < -0.39 is 5.41 Å². The molecular weight excluding hydrogens is 431 g/mol. The Labute approximate surface area is 173 Å². The summed E-state index contributed by atoms with van der Waals surface area (Å²) in [5.41, 5.74) is 1.08. The van der Waals surface area contributed by atoms with Crippen molar-refractivity contribution in [3.05, 3.63) is 63.3 Å². The van der Waals surface area contributed by atoms with E-state index in [1.54, 1.807) is 12.1 Å².